The van der Waals surface area contributed by atoms with Gasteiger partial charge in [0, 0.05) is 29.2 Å². The van der Waals surface area contributed by atoms with Gasteiger partial charge in [-0.05, 0) is 72.9 Å². The Kier molecular flexibility index (Phi) is 11.7. The third kappa shape index (κ3) is 10.6. The quantitative estimate of drug-likeness (QED) is 0.0757. The number of nitrogens with one attached hydrogen (secondary N) is 4. The van der Waals surface area contributed by atoms with Gasteiger partial charge in [0.1, 0.15) is 6.04 Å². The predicted octanol–water partition coefficient (Wildman–Crippen LogP) is 5.09. The van der Waals surface area contributed by atoms with Crippen LogP contribution < -0.4 is 26.0 Å². The zero-order chi connectivity index (χ0) is 38.3. The Morgan fingerprint density at radius 2 is 1.60 bits per heavy atom. The molecule has 5 rings (SSSR count). The Labute approximate surface area is 302 Å². The summed E-state index contributed by atoms with van der Waals surface area (Å²) in [7, 11) is 0. The number of carboxylic acid groups (broad SMARTS) is 1. The third-order valence-electron chi connectivity index (χ3n) is 7.84. The predicted molar refractivity (Wildman–Crippen MR) is 179 cm³/mol. The molecule has 1 aromatic heterocycles. The molecule has 3 aromatic carbocycles. The van der Waals surface area contributed by atoms with E-state index in [1.807, 2.05) is 12.1 Å². The van der Waals surface area contributed by atoms with Crippen LogP contribution in [0.25, 0.3) is 0 Å². The first kappa shape index (κ1) is 38.3. The van der Waals surface area contributed by atoms with Gasteiger partial charge in [-0.1, -0.05) is 35.9 Å². The molecule has 1 atom stereocenters. The molecular formula is C34H29ClF5N7O6. The molecule has 2 amide bonds. The summed E-state index contributed by atoms with van der Waals surface area (Å²) in [6.07, 6.45) is -4.35. The molecule has 0 bridgehead atoms. The van der Waals surface area contributed by atoms with Crippen molar-refractivity contribution in [2.24, 2.45) is 0 Å². The van der Waals surface area contributed by atoms with Crippen LogP contribution in [0.2, 0.25) is 5.02 Å². The summed E-state index contributed by atoms with van der Waals surface area (Å²) in [5, 5.41) is 20.6. The minimum Gasteiger partial charge on any atom is -0.480 e. The van der Waals surface area contributed by atoms with Crippen LogP contribution in [0.15, 0.2) is 66.7 Å². The number of hydrogen-bond acceptors (Lipinski definition) is 10. The van der Waals surface area contributed by atoms with Gasteiger partial charge in [0.05, 0.1) is 5.54 Å². The first-order valence-corrected chi connectivity index (χ1v) is 16.1. The van der Waals surface area contributed by atoms with E-state index < -0.39 is 72.0 Å². The molecule has 0 spiro atoms. The summed E-state index contributed by atoms with van der Waals surface area (Å²) in [6, 6.07) is 13.6. The van der Waals surface area contributed by atoms with Crippen molar-refractivity contribution < 1.29 is 51.0 Å². The number of Topliss-reactive ketones (excluding diaryl/α,β-unsaturated/α-hetero) is 1. The van der Waals surface area contributed by atoms with Crippen molar-refractivity contribution in [1.29, 1.82) is 0 Å². The molecule has 4 aromatic rings. The van der Waals surface area contributed by atoms with E-state index in [0.717, 1.165) is 17.7 Å². The average molecular weight is 762 g/mol. The molecule has 5 N–H and O–H groups in total. The van der Waals surface area contributed by atoms with Crippen LogP contribution in [-0.4, -0.2) is 69.0 Å². The molecule has 1 heterocycles. The number of amides is 2. The number of alkyl halides is 3. The third-order valence-corrected chi connectivity index (χ3v) is 8.09. The van der Waals surface area contributed by atoms with Crippen LogP contribution in [-0.2, 0) is 26.3 Å². The summed E-state index contributed by atoms with van der Waals surface area (Å²) in [5.74, 6) is -7.18. The lowest BCUT2D eigenvalue weighted by Gasteiger charge is -2.19. The van der Waals surface area contributed by atoms with Crippen molar-refractivity contribution >= 4 is 52.8 Å². The second-order valence-corrected chi connectivity index (χ2v) is 12.2. The van der Waals surface area contributed by atoms with Gasteiger partial charge in [0.15, 0.2) is 18.2 Å². The Morgan fingerprint density at radius 1 is 0.925 bits per heavy atom. The number of anilines is 3. The maximum absolute atomic E-state index is 13.8. The molecular weight excluding hydrogens is 733 g/mol. The molecule has 0 aliphatic heterocycles. The van der Waals surface area contributed by atoms with E-state index in [1.165, 1.54) is 30.3 Å². The Bertz CT molecular complexity index is 2000. The fraction of sp³-hybridized carbons (Fsp3) is 0.265. The molecule has 0 radical (unpaired) electrons. The zero-order valence-corrected chi connectivity index (χ0v) is 28.0. The Hall–Kier alpha value is -5.91. The van der Waals surface area contributed by atoms with Crippen LogP contribution in [0.1, 0.15) is 40.7 Å². The highest BCUT2D eigenvalue weighted by Crippen LogP contribution is 2.48. The fourth-order valence-corrected chi connectivity index (χ4v) is 5.10. The maximum Gasteiger partial charge on any atom is 0.422 e. The molecule has 0 saturated heterocycles. The summed E-state index contributed by atoms with van der Waals surface area (Å²) < 4.78 is 70.7. The number of halogens is 6. The van der Waals surface area contributed by atoms with Gasteiger partial charge in [-0.15, -0.1) is 0 Å². The van der Waals surface area contributed by atoms with Crippen LogP contribution in [0.5, 0.6) is 6.01 Å². The first-order valence-electron chi connectivity index (χ1n) is 15.8. The second kappa shape index (κ2) is 16.2. The molecule has 0 unspecified atom stereocenters. The van der Waals surface area contributed by atoms with E-state index in [9.17, 15) is 46.2 Å². The standard InChI is InChI=1S/C34H29ClF5N7O6/c35-21-8-6-20(7-9-21)33(13-14-33)47-31-44-30(45-32(46-31)53-17-34(38,39)40)42-22-10-4-18(5-11-22)27(49)43-24(29(51)52)12-15-41-28(50)25(48)16-19-2-1-3-23(36)26(19)37/h1-11,24H,12-17H2,(H,41,50)(H,43,49)(H,51,52)(H2,42,44,45,46,47)/t24-/m1/s1. The van der Waals surface area contributed by atoms with Crippen molar-refractivity contribution in [2.45, 2.75) is 43.4 Å². The van der Waals surface area contributed by atoms with E-state index in [-0.39, 0.29) is 36.0 Å². The number of carbonyl (C=O) groups is 4. The van der Waals surface area contributed by atoms with E-state index >= 15 is 0 Å². The minimum atomic E-state index is -4.66. The van der Waals surface area contributed by atoms with Crippen molar-refractivity contribution in [3.05, 3.63) is 100 Å². The number of ether oxygens (including phenoxy) is 1. The van der Waals surface area contributed by atoms with E-state index in [2.05, 4.69) is 36.2 Å². The monoisotopic (exact) mass is 761 g/mol. The molecule has 1 saturated carbocycles. The normalized spacial score (nSPS) is 13.7. The Morgan fingerprint density at radius 3 is 2.25 bits per heavy atom. The fourth-order valence-electron chi connectivity index (χ4n) is 4.97. The smallest absolute Gasteiger partial charge is 0.422 e. The van der Waals surface area contributed by atoms with Gasteiger partial charge in [-0.2, -0.15) is 28.1 Å². The number of aliphatic carboxylic acids is 1. The highest BCUT2D eigenvalue weighted by molar-refractivity contribution is 6.36. The van der Waals surface area contributed by atoms with Gasteiger partial charge < -0.3 is 31.1 Å². The molecule has 278 valence electrons. The summed E-state index contributed by atoms with van der Waals surface area (Å²) >= 11 is 6.00. The van der Waals surface area contributed by atoms with Gasteiger partial charge in [0.25, 0.3) is 11.8 Å². The van der Waals surface area contributed by atoms with Crippen molar-refractivity contribution in [3.63, 3.8) is 0 Å². The lowest BCUT2D eigenvalue weighted by atomic mass is 10.1. The number of nitrogens with zero attached hydrogens (tertiary/aromatic N) is 3. The number of carbonyl (C=O) groups excluding carboxylic acids is 3. The highest BCUT2D eigenvalue weighted by Gasteiger charge is 2.45. The van der Waals surface area contributed by atoms with Gasteiger partial charge in [-0.25, -0.2) is 13.6 Å². The molecule has 13 nitrogen and oxygen atoms in total. The molecule has 1 aliphatic rings. The van der Waals surface area contributed by atoms with Crippen LogP contribution in [0.3, 0.4) is 0 Å². The van der Waals surface area contributed by atoms with Gasteiger partial charge in [0.2, 0.25) is 17.7 Å². The number of rotatable bonds is 16. The average Bonchev–Trinajstić information content (AvgIpc) is 3.89. The van der Waals surface area contributed by atoms with Crippen LogP contribution in [0.4, 0.5) is 39.5 Å². The lowest BCUT2D eigenvalue weighted by Crippen LogP contribution is -2.43. The summed E-state index contributed by atoms with van der Waals surface area (Å²) in [5.41, 5.74) is 0.266. The number of ketones is 1. The molecule has 19 heteroatoms. The highest BCUT2D eigenvalue weighted by atomic mass is 35.5. The summed E-state index contributed by atoms with van der Waals surface area (Å²) in [4.78, 5) is 61.2. The van der Waals surface area contributed by atoms with Crippen molar-refractivity contribution in [3.8, 4) is 6.01 Å². The maximum atomic E-state index is 13.8. The second-order valence-electron chi connectivity index (χ2n) is 11.8. The van der Waals surface area contributed by atoms with Gasteiger partial charge >= 0.3 is 18.2 Å². The molecule has 53 heavy (non-hydrogen) atoms. The van der Waals surface area contributed by atoms with Crippen molar-refractivity contribution in [2.75, 3.05) is 23.8 Å². The number of aromatic nitrogens is 3. The van der Waals surface area contributed by atoms with Crippen molar-refractivity contribution in [1.82, 2.24) is 25.6 Å². The lowest BCUT2D eigenvalue weighted by molar-refractivity contribution is -0.154. The number of hydrogen-bond donors (Lipinski definition) is 5. The minimum absolute atomic E-state index is 0.0176. The largest absolute Gasteiger partial charge is 0.480 e. The van der Waals surface area contributed by atoms with E-state index in [4.69, 9.17) is 16.3 Å². The number of benzene rings is 3. The van der Waals surface area contributed by atoms with E-state index in [0.29, 0.717) is 23.6 Å². The van der Waals surface area contributed by atoms with E-state index in [1.54, 1.807) is 12.1 Å². The van der Waals surface area contributed by atoms with Crippen LogP contribution >= 0.6 is 11.6 Å². The molecule has 1 fully saturated rings. The molecule has 1 aliphatic carbocycles. The number of carboxylic acids is 1. The topological polar surface area (TPSA) is 185 Å². The SMILES string of the molecule is O=C(Cc1cccc(F)c1F)C(=O)NCC[C@@H](NC(=O)c1ccc(Nc2nc(NC3(c4ccc(Cl)cc4)CC3)nc(OCC(F)(F)F)n2)cc1)C(=O)O. The van der Waals surface area contributed by atoms with Gasteiger partial charge in [-0.3, -0.25) is 14.4 Å². The summed E-state index contributed by atoms with van der Waals surface area (Å²) in [6.45, 7) is -2.00. The zero-order valence-electron chi connectivity index (χ0n) is 27.3. The first-order chi connectivity index (χ1) is 25.1. The van der Waals surface area contributed by atoms with Crippen LogP contribution in [0, 0.1) is 11.6 Å². The Balaban J connectivity index is 1.19.